The highest BCUT2D eigenvalue weighted by molar-refractivity contribution is 6.03. The lowest BCUT2D eigenvalue weighted by Crippen LogP contribution is -2.14. The van der Waals surface area contributed by atoms with Crippen LogP contribution in [0.3, 0.4) is 0 Å². The molecule has 0 bridgehead atoms. The van der Waals surface area contributed by atoms with Gasteiger partial charge in [0, 0.05) is 23.3 Å². The van der Waals surface area contributed by atoms with Crippen LogP contribution in [0.15, 0.2) is 60.8 Å². The lowest BCUT2D eigenvalue weighted by molar-refractivity contribution is 0.0600. The molecule has 0 spiro atoms. The van der Waals surface area contributed by atoms with E-state index in [1.807, 2.05) is 38.1 Å². The molecule has 6 nitrogen and oxygen atoms in total. The number of ether oxygens (including phenoxy) is 1. The Bertz CT molecular complexity index is 994. The van der Waals surface area contributed by atoms with Gasteiger partial charge in [0.2, 0.25) is 0 Å². The summed E-state index contributed by atoms with van der Waals surface area (Å²) in [5.74, 6) is -0.763. The lowest BCUT2D eigenvalue weighted by atomic mass is 10.1. The summed E-state index contributed by atoms with van der Waals surface area (Å²) in [6.07, 6.45) is 1.59. The number of methoxy groups -OCH3 is 1. The average molecular weight is 375 g/mol. The van der Waals surface area contributed by atoms with Crippen LogP contribution in [0.4, 0.5) is 17.1 Å². The van der Waals surface area contributed by atoms with Crippen molar-refractivity contribution in [3.8, 4) is 0 Å². The summed E-state index contributed by atoms with van der Waals surface area (Å²) in [6.45, 7) is 4.06. The Balaban J connectivity index is 1.74. The van der Waals surface area contributed by atoms with Gasteiger partial charge in [-0.25, -0.2) is 4.79 Å². The SMILES string of the molecule is COC(=O)c1ccc(NC(=O)c2cc(Nc3c(C)cccc3C)ccn2)cc1. The topological polar surface area (TPSA) is 80.3 Å². The minimum atomic E-state index is -0.426. The number of hydrogen-bond donors (Lipinski definition) is 2. The minimum absolute atomic E-state index is 0.285. The molecule has 1 aromatic heterocycles. The second-order valence-electron chi connectivity index (χ2n) is 6.34. The average Bonchev–Trinajstić information content (AvgIpc) is 2.71. The maximum atomic E-state index is 12.5. The van der Waals surface area contributed by atoms with Crippen LogP contribution < -0.4 is 10.6 Å². The van der Waals surface area contributed by atoms with Crippen LogP contribution in [-0.2, 0) is 4.74 Å². The third-order valence-corrected chi connectivity index (χ3v) is 4.31. The van der Waals surface area contributed by atoms with Crippen molar-refractivity contribution in [1.29, 1.82) is 0 Å². The summed E-state index contributed by atoms with van der Waals surface area (Å²) in [7, 11) is 1.32. The van der Waals surface area contributed by atoms with Crippen LogP contribution in [0.5, 0.6) is 0 Å². The van der Waals surface area contributed by atoms with E-state index in [0.717, 1.165) is 22.5 Å². The molecule has 0 aliphatic rings. The van der Waals surface area contributed by atoms with Crippen molar-refractivity contribution < 1.29 is 14.3 Å². The number of nitrogens with zero attached hydrogens (tertiary/aromatic N) is 1. The number of benzene rings is 2. The summed E-state index contributed by atoms with van der Waals surface area (Å²) >= 11 is 0. The van der Waals surface area contributed by atoms with Gasteiger partial charge in [-0.3, -0.25) is 9.78 Å². The molecule has 0 atom stereocenters. The van der Waals surface area contributed by atoms with E-state index in [9.17, 15) is 9.59 Å². The zero-order valence-corrected chi connectivity index (χ0v) is 15.9. The number of para-hydroxylation sites is 1. The number of pyridine rings is 1. The fourth-order valence-electron chi connectivity index (χ4n) is 2.79. The van der Waals surface area contributed by atoms with Gasteiger partial charge < -0.3 is 15.4 Å². The molecular formula is C22H21N3O3. The van der Waals surface area contributed by atoms with Gasteiger partial charge in [0.15, 0.2) is 0 Å². The Morgan fingerprint density at radius 2 is 1.61 bits per heavy atom. The van der Waals surface area contributed by atoms with E-state index in [2.05, 4.69) is 20.4 Å². The first-order valence-corrected chi connectivity index (χ1v) is 8.77. The van der Waals surface area contributed by atoms with Crippen LogP contribution in [-0.4, -0.2) is 24.0 Å². The highest BCUT2D eigenvalue weighted by atomic mass is 16.5. The number of amides is 1. The van der Waals surface area contributed by atoms with E-state index < -0.39 is 5.97 Å². The first-order chi connectivity index (χ1) is 13.5. The van der Waals surface area contributed by atoms with E-state index in [1.165, 1.54) is 7.11 Å². The largest absolute Gasteiger partial charge is 0.465 e. The molecule has 1 heterocycles. The summed E-state index contributed by atoms with van der Waals surface area (Å²) < 4.78 is 4.66. The van der Waals surface area contributed by atoms with Crippen molar-refractivity contribution in [2.75, 3.05) is 17.7 Å². The molecule has 0 fully saturated rings. The van der Waals surface area contributed by atoms with Gasteiger partial charge in [-0.05, 0) is 61.4 Å². The van der Waals surface area contributed by atoms with Crippen molar-refractivity contribution >= 4 is 28.9 Å². The molecule has 1 amide bonds. The molecule has 142 valence electrons. The monoisotopic (exact) mass is 375 g/mol. The maximum Gasteiger partial charge on any atom is 0.337 e. The number of aromatic nitrogens is 1. The van der Waals surface area contributed by atoms with E-state index >= 15 is 0 Å². The first kappa shape index (κ1) is 19.1. The molecule has 6 heteroatoms. The van der Waals surface area contributed by atoms with Crippen LogP contribution in [0.2, 0.25) is 0 Å². The number of esters is 1. The van der Waals surface area contributed by atoms with Crippen molar-refractivity contribution in [3.05, 3.63) is 83.2 Å². The Labute approximate surface area is 163 Å². The second-order valence-corrected chi connectivity index (χ2v) is 6.34. The molecular weight excluding hydrogens is 354 g/mol. The smallest absolute Gasteiger partial charge is 0.337 e. The zero-order valence-electron chi connectivity index (χ0n) is 15.9. The highest BCUT2D eigenvalue weighted by Gasteiger charge is 2.11. The molecule has 0 unspecified atom stereocenters. The normalized spacial score (nSPS) is 10.2. The van der Waals surface area contributed by atoms with Crippen LogP contribution in [0.1, 0.15) is 32.0 Å². The Hall–Kier alpha value is -3.67. The Morgan fingerprint density at radius 3 is 2.25 bits per heavy atom. The number of aryl methyl sites for hydroxylation is 2. The summed E-state index contributed by atoms with van der Waals surface area (Å²) in [5.41, 5.74) is 5.29. The lowest BCUT2D eigenvalue weighted by Gasteiger charge is -2.13. The molecule has 0 aliphatic carbocycles. The molecule has 0 saturated carbocycles. The van der Waals surface area contributed by atoms with Crippen molar-refractivity contribution in [3.63, 3.8) is 0 Å². The number of nitrogens with one attached hydrogen (secondary N) is 2. The minimum Gasteiger partial charge on any atom is -0.465 e. The molecule has 3 aromatic rings. The highest BCUT2D eigenvalue weighted by Crippen LogP contribution is 2.24. The van der Waals surface area contributed by atoms with Gasteiger partial charge in [-0.2, -0.15) is 0 Å². The summed E-state index contributed by atoms with van der Waals surface area (Å²) in [6, 6.07) is 16.0. The van der Waals surface area contributed by atoms with Gasteiger partial charge in [0.05, 0.1) is 12.7 Å². The zero-order chi connectivity index (χ0) is 20.1. The predicted octanol–water partition coefficient (Wildman–Crippen LogP) is 4.48. The fraction of sp³-hybridized carbons (Fsp3) is 0.136. The number of anilines is 3. The van der Waals surface area contributed by atoms with E-state index in [0.29, 0.717) is 11.3 Å². The van der Waals surface area contributed by atoms with Gasteiger partial charge >= 0.3 is 5.97 Å². The van der Waals surface area contributed by atoms with Crippen LogP contribution >= 0.6 is 0 Å². The molecule has 28 heavy (non-hydrogen) atoms. The van der Waals surface area contributed by atoms with Crippen LogP contribution in [0.25, 0.3) is 0 Å². The van der Waals surface area contributed by atoms with Crippen molar-refractivity contribution in [2.45, 2.75) is 13.8 Å². The van der Waals surface area contributed by atoms with Crippen molar-refractivity contribution in [2.24, 2.45) is 0 Å². The van der Waals surface area contributed by atoms with E-state index in [1.54, 1.807) is 36.5 Å². The van der Waals surface area contributed by atoms with Gasteiger partial charge in [0.1, 0.15) is 5.69 Å². The van der Waals surface area contributed by atoms with Crippen LogP contribution in [0, 0.1) is 13.8 Å². The molecule has 2 N–H and O–H groups in total. The first-order valence-electron chi connectivity index (χ1n) is 8.77. The quantitative estimate of drug-likeness (QED) is 0.643. The number of carbonyl (C=O) groups is 2. The Kier molecular flexibility index (Phi) is 5.69. The molecule has 0 radical (unpaired) electrons. The summed E-state index contributed by atoms with van der Waals surface area (Å²) in [5, 5.41) is 6.13. The van der Waals surface area contributed by atoms with E-state index in [4.69, 9.17) is 0 Å². The fourth-order valence-corrected chi connectivity index (χ4v) is 2.79. The van der Waals surface area contributed by atoms with Crippen molar-refractivity contribution in [1.82, 2.24) is 4.98 Å². The standard InChI is InChI=1S/C22H21N3O3/c1-14-5-4-6-15(2)20(14)24-18-11-12-23-19(13-18)21(26)25-17-9-7-16(8-10-17)22(27)28-3/h4-13H,1-3H3,(H,23,24)(H,25,26). The van der Waals surface area contributed by atoms with Gasteiger partial charge in [-0.1, -0.05) is 18.2 Å². The number of hydrogen-bond acceptors (Lipinski definition) is 5. The maximum absolute atomic E-state index is 12.5. The Morgan fingerprint density at radius 1 is 0.929 bits per heavy atom. The predicted molar refractivity (Wildman–Crippen MR) is 109 cm³/mol. The van der Waals surface area contributed by atoms with Gasteiger partial charge in [0.25, 0.3) is 5.91 Å². The third-order valence-electron chi connectivity index (χ3n) is 4.31. The number of carbonyl (C=O) groups excluding carboxylic acids is 2. The molecule has 0 saturated heterocycles. The molecule has 3 rings (SSSR count). The van der Waals surface area contributed by atoms with Gasteiger partial charge in [-0.15, -0.1) is 0 Å². The second kappa shape index (κ2) is 8.35. The number of rotatable bonds is 5. The molecule has 0 aliphatic heterocycles. The van der Waals surface area contributed by atoms with E-state index in [-0.39, 0.29) is 11.6 Å². The molecule has 2 aromatic carbocycles. The third kappa shape index (κ3) is 4.35. The summed E-state index contributed by atoms with van der Waals surface area (Å²) in [4.78, 5) is 28.2.